The Kier molecular flexibility index (Phi) is 4.09. The molecule has 0 amide bonds. The number of likely N-dealkylation sites (N-methyl/N-ethyl adjacent to an activating group) is 1. The molecule has 0 saturated carbocycles. The van der Waals surface area contributed by atoms with Crippen LogP contribution in [0, 0.1) is 13.8 Å². The Hall–Kier alpha value is -1.88. The van der Waals surface area contributed by atoms with Crippen LogP contribution in [0.3, 0.4) is 0 Å². The first-order chi connectivity index (χ1) is 9.45. The fourth-order valence-corrected chi connectivity index (χ4v) is 2.36. The van der Waals surface area contributed by atoms with Gasteiger partial charge in [0.2, 0.25) is 0 Å². The van der Waals surface area contributed by atoms with Gasteiger partial charge in [-0.05, 0) is 51.1 Å². The molecule has 1 heterocycles. The molecule has 5 heteroatoms. The second-order valence-corrected chi connectivity index (χ2v) is 5.19. The molecule has 0 bridgehead atoms. The van der Waals surface area contributed by atoms with Gasteiger partial charge >= 0.3 is 5.97 Å². The molecule has 0 spiro atoms. The van der Waals surface area contributed by atoms with Gasteiger partial charge in [0, 0.05) is 13.0 Å². The molecule has 1 aromatic heterocycles. The third kappa shape index (κ3) is 2.54. The van der Waals surface area contributed by atoms with Crippen molar-refractivity contribution in [3.63, 3.8) is 0 Å². The molecular formula is C15H21N3O2. The number of carboxylic acid groups (broad SMARTS) is 1. The summed E-state index contributed by atoms with van der Waals surface area (Å²) in [5, 5.41) is 12.4. The van der Waals surface area contributed by atoms with Crippen molar-refractivity contribution in [2.24, 2.45) is 0 Å². The predicted octanol–water partition coefficient (Wildman–Crippen LogP) is 2.06. The maximum atomic E-state index is 11.4. The number of aromatic nitrogens is 2. The van der Waals surface area contributed by atoms with Gasteiger partial charge in [-0.2, -0.15) is 0 Å². The van der Waals surface area contributed by atoms with E-state index in [1.54, 1.807) is 6.92 Å². The Morgan fingerprint density at radius 2 is 2.05 bits per heavy atom. The highest BCUT2D eigenvalue weighted by molar-refractivity contribution is 5.81. The van der Waals surface area contributed by atoms with E-state index in [1.165, 1.54) is 5.56 Å². The molecule has 1 atom stereocenters. The maximum absolute atomic E-state index is 11.4. The van der Waals surface area contributed by atoms with Gasteiger partial charge in [0.25, 0.3) is 0 Å². The van der Waals surface area contributed by atoms with Gasteiger partial charge in [-0.15, -0.1) is 0 Å². The van der Waals surface area contributed by atoms with Gasteiger partial charge in [0.05, 0.1) is 11.0 Å². The Bertz CT molecular complexity index is 646. The van der Waals surface area contributed by atoms with E-state index in [2.05, 4.69) is 10.3 Å². The highest BCUT2D eigenvalue weighted by Crippen LogP contribution is 2.24. The number of nitrogens with zero attached hydrogens (tertiary/aromatic N) is 2. The SMILES string of the molecule is CNCCc1nc2cc(C)c(C)cc2n1C(C)C(=O)O. The Labute approximate surface area is 118 Å². The van der Waals surface area contributed by atoms with Gasteiger partial charge in [-0.3, -0.25) is 0 Å². The molecule has 2 aromatic rings. The normalized spacial score (nSPS) is 12.8. The number of aryl methyl sites for hydroxylation is 2. The second-order valence-electron chi connectivity index (χ2n) is 5.19. The zero-order valence-electron chi connectivity index (χ0n) is 12.4. The number of imidazole rings is 1. The molecule has 5 nitrogen and oxygen atoms in total. The van der Waals surface area contributed by atoms with Crippen molar-refractivity contribution in [3.05, 3.63) is 29.1 Å². The first kappa shape index (κ1) is 14.5. The number of carboxylic acids is 1. The van der Waals surface area contributed by atoms with Crippen LogP contribution < -0.4 is 5.32 Å². The first-order valence-corrected chi connectivity index (χ1v) is 6.81. The average Bonchev–Trinajstić information content (AvgIpc) is 2.73. The van der Waals surface area contributed by atoms with Crippen LogP contribution >= 0.6 is 0 Å². The highest BCUT2D eigenvalue weighted by atomic mass is 16.4. The molecule has 108 valence electrons. The molecule has 1 unspecified atom stereocenters. The minimum atomic E-state index is -0.840. The lowest BCUT2D eigenvalue weighted by atomic mass is 10.1. The number of aliphatic carboxylic acids is 1. The van der Waals surface area contributed by atoms with Crippen LogP contribution in [0.15, 0.2) is 12.1 Å². The number of benzene rings is 1. The fourth-order valence-electron chi connectivity index (χ4n) is 2.36. The summed E-state index contributed by atoms with van der Waals surface area (Å²) in [4.78, 5) is 16.0. The summed E-state index contributed by atoms with van der Waals surface area (Å²) in [6.07, 6.45) is 0.709. The average molecular weight is 275 g/mol. The molecule has 2 rings (SSSR count). The third-order valence-electron chi connectivity index (χ3n) is 3.72. The largest absolute Gasteiger partial charge is 0.480 e. The first-order valence-electron chi connectivity index (χ1n) is 6.81. The van der Waals surface area contributed by atoms with E-state index in [9.17, 15) is 9.90 Å². The van der Waals surface area contributed by atoms with Gasteiger partial charge in [-0.25, -0.2) is 9.78 Å². The van der Waals surface area contributed by atoms with Crippen LogP contribution in [0.1, 0.15) is 29.9 Å². The van der Waals surface area contributed by atoms with Crippen molar-refractivity contribution in [2.75, 3.05) is 13.6 Å². The number of fused-ring (bicyclic) bond motifs is 1. The van der Waals surface area contributed by atoms with Crippen LogP contribution in [0.5, 0.6) is 0 Å². The Balaban J connectivity index is 2.64. The van der Waals surface area contributed by atoms with Crippen LogP contribution in [0.2, 0.25) is 0 Å². The van der Waals surface area contributed by atoms with Crippen molar-refractivity contribution >= 4 is 17.0 Å². The Morgan fingerprint density at radius 3 is 2.65 bits per heavy atom. The zero-order chi connectivity index (χ0) is 14.9. The summed E-state index contributed by atoms with van der Waals surface area (Å²) >= 11 is 0. The number of hydrogen-bond acceptors (Lipinski definition) is 3. The van der Waals surface area contributed by atoms with Crippen molar-refractivity contribution in [1.82, 2.24) is 14.9 Å². The van der Waals surface area contributed by atoms with Crippen molar-refractivity contribution in [3.8, 4) is 0 Å². The topological polar surface area (TPSA) is 67.2 Å². The molecule has 0 radical (unpaired) electrons. The molecule has 0 saturated heterocycles. The number of hydrogen-bond donors (Lipinski definition) is 2. The van der Waals surface area contributed by atoms with Crippen molar-refractivity contribution < 1.29 is 9.90 Å². The van der Waals surface area contributed by atoms with E-state index in [4.69, 9.17) is 0 Å². The summed E-state index contributed by atoms with van der Waals surface area (Å²) in [5.41, 5.74) is 4.09. The van der Waals surface area contributed by atoms with Gasteiger partial charge in [-0.1, -0.05) is 0 Å². The maximum Gasteiger partial charge on any atom is 0.326 e. The molecule has 2 N–H and O–H groups in total. The smallest absolute Gasteiger partial charge is 0.326 e. The zero-order valence-corrected chi connectivity index (χ0v) is 12.4. The van der Waals surface area contributed by atoms with Gasteiger partial charge < -0.3 is 15.0 Å². The van der Waals surface area contributed by atoms with E-state index >= 15 is 0 Å². The number of nitrogens with one attached hydrogen (secondary N) is 1. The monoisotopic (exact) mass is 275 g/mol. The summed E-state index contributed by atoms with van der Waals surface area (Å²) in [6.45, 7) is 6.54. The summed E-state index contributed by atoms with van der Waals surface area (Å²) < 4.78 is 1.83. The minimum absolute atomic E-state index is 0.617. The van der Waals surface area contributed by atoms with Crippen molar-refractivity contribution in [1.29, 1.82) is 0 Å². The van der Waals surface area contributed by atoms with Crippen LogP contribution in [-0.2, 0) is 11.2 Å². The number of carbonyl (C=O) groups is 1. The van der Waals surface area contributed by atoms with Crippen LogP contribution in [0.25, 0.3) is 11.0 Å². The molecule has 0 aliphatic rings. The highest BCUT2D eigenvalue weighted by Gasteiger charge is 2.21. The lowest BCUT2D eigenvalue weighted by Gasteiger charge is -2.14. The molecule has 20 heavy (non-hydrogen) atoms. The predicted molar refractivity (Wildman–Crippen MR) is 79.2 cm³/mol. The van der Waals surface area contributed by atoms with E-state index in [0.29, 0.717) is 6.42 Å². The second kappa shape index (κ2) is 5.63. The van der Waals surface area contributed by atoms with E-state index < -0.39 is 12.0 Å². The molecule has 0 aliphatic heterocycles. The lowest BCUT2D eigenvalue weighted by molar-refractivity contribution is -0.140. The van der Waals surface area contributed by atoms with E-state index in [1.807, 2.05) is 37.6 Å². The number of rotatable bonds is 5. The van der Waals surface area contributed by atoms with Crippen LogP contribution in [0.4, 0.5) is 0 Å². The van der Waals surface area contributed by atoms with Crippen LogP contribution in [-0.4, -0.2) is 34.2 Å². The lowest BCUT2D eigenvalue weighted by Crippen LogP contribution is -2.20. The summed E-state index contributed by atoms with van der Waals surface area (Å²) in [5.74, 6) is -0.0255. The van der Waals surface area contributed by atoms with Gasteiger partial charge in [0.1, 0.15) is 11.9 Å². The van der Waals surface area contributed by atoms with E-state index in [-0.39, 0.29) is 0 Å². The molecule has 0 aliphatic carbocycles. The summed E-state index contributed by atoms with van der Waals surface area (Å²) in [7, 11) is 1.88. The summed E-state index contributed by atoms with van der Waals surface area (Å²) in [6, 6.07) is 3.44. The molecule has 0 fully saturated rings. The minimum Gasteiger partial charge on any atom is -0.480 e. The van der Waals surface area contributed by atoms with E-state index in [0.717, 1.165) is 29.0 Å². The Morgan fingerprint density at radius 1 is 1.40 bits per heavy atom. The standard InChI is InChI=1S/C15H21N3O2/c1-9-7-12-13(8-10(9)2)18(11(3)15(19)20)14(17-12)5-6-16-4/h7-8,11,16H,5-6H2,1-4H3,(H,19,20). The third-order valence-corrected chi connectivity index (χ3v) is 3.72. The van der Waals surface area contributed by atoms with Gasteiger partial charge in [0.15, 0.2) is 0 Å². The van der Waals surface area contributed by atoms with Crippen molar-refractivity contribution in [2.45, 2.75) is 33.2 Å². The fraction of sp³-hybridized carbons (Fsp3) is 0.467. The quantitative estimate of drug-likeness (QED) is 0.876. The molecular weight excluding hydrogens is 254 g/mol. The molecule has 1 aromatic carbocycles.